The lowest BCUT2D eigenvalue weighted by Crippen LogP contribution is -2.18. The van der Waals surface area contributed by atoms with Crippen molar-refractivity contribution in [2.75, 3.05) is 6.54 Å². The van der Waals surface area contributed by atoms with Crippen LogP contribution >= 0.6 is 0 Å². The van der Waals surface area contributed by atoms with Gasteiger partial charge in [0.25, 0.3) is 0 Å². The molecule has 5 heteroatoms. The molecule has 0 aliphatic rings. The molecule has 2 heterocycles. The number of nitrogens with one attached hydrogen (secondary N) is 1. The van der Waals surface area contributed by atoms with Crippen molar-refractivity contribution in [2.24, 2.45) is 5.92 Å². The predicted octanol–water partition coefficient (Wildman–Crippen LogP) is 3.13. The average Bonchev–Trinajstić information content (AvgIpc) is 3.03. The highest BCUT2D eigenvalue weighted by atomic mass is 16.5. The van der Waals surface area contributed by atoms with Gasteiger partial charge in [-0.15, -0.1) is 0 Å². The fourth-order valence-corrected chi connectivity index (χ4v) is 2.06. The van der Waals surface area contributed by atoms with E-state index in [1.807, 2.05) is 24.7 Å². The van der Waals surface area contributed by atoms with Crippen LogP contribution in [0.1, 0.15) is 37.9 Å². The molecule has 0 fully saturated rings. The van der Waals surface area contributed by atoms with Crippen LogP contribution in [0.2, 0.25) is 0 Å². The number of rotatable bonds is 8. The van der Waals surface area contributed by atoms with Crippen molar-refractivity contribution in [2.45, 2.75) is 47.4 Å². The maximum absolute atomic E-state index is 5.75. The van der Waals surface area contributed by atoms with E-state index in [1.54, 1.807) is 6.20 Å². The summed E-state index contributed by atoms with van der Waals surface area (Å²) in [6.45, 7) is 11.5. The Kier molecular flexibility index (Phi) is 5.44. The van der Waals surface area contributed by atoms with E-state index in [-0.39, 0.29) is 0 Å². The Labute approximate surface area is 126 Å². The van der Waals surface area contributed by atoms with Crippen molar-refractivity contribution in [3.63, 3.8) is 0 Å². The molecule has 0 aromatic carbocycles. The Morgan fingerprint density at radius 2 is 2.24 bits per heavy atom. The zero-order chi connectivity index (χ0) is 15.2. The van der Waals surface area contributed by atoms with Crippen LogP contribution in [0.25, 0.3) is 0 Å². The van der Waals surface area contributed by atoms with Crippen LogP contribution in [0.5, 0.6) is 5.75 Å². The molecule has 1 N–H and O–H groups in total. The zero-order valence-electron chi connectivity index (χ0n) is 13.3. The van der Waals surface area contributed by atoms with Crippen LogP contribution in [0, 0.1) is 12.8 Å². The molecule has 21 heavy (non-hydrogen) atoms. The predicted molar refractivity (Wildman–Crippen MR) is 82.2 cm³/mol. The summed E-state index contributed by atoms with van der Waals surface area (Å²) in [6, 6.07) is 2.06. The Morgan fingerprint density at radius 3 is 2.90 bits per heavy atom. The number of aromatic nitrogens is 2. The Hall–Kier alpha value is -1.75. The lowest BCUT2D eigenvalue weighted by atomic mass is 10.2. The van der Waals surface area contributed by atoms with E-state index in [2.05, 4.69) is 30.3 Å². The second-order valence-corrected chi connectivity index (χ2v) is 5.64. The molecule has 5 nitrogen and oxygen atoms in total. The summed E-state index contributed by atoms with van der Waals surface area (Å²) in [7, 11) is 0. The average molecular weight is 291 g/mol. The first-order chi connectivity index (χ1) is 10.1. The van der Waals surface area contributed by atoms with Gasteiger partial charge in [-0.1, -0.05) is 13.8 Å². The first kappa shape index (κ1) is 15.6. The smallest absolute Gasteiger partial charge is 0.157 e. The highest BCUT2D eigenvalue weighted by molar-refractivity contribution is 5.21. The topological polar surface area (TPSA) is 52.2 Å². The van der Waals surface area contributed by atoms with Gasteiger partial charge in [0.15, 0.2) is 5.75 Å². The molecule has 2 rings (SSSR count). The maximum Gasteiger partial charge on any atom is 0.157 e. The molecule has 0 spiro atoms. The summed E-state index contributed by atoms with van der Waals surface area (Å²) in [5.74, 6) is 3.30. The summed E-state index contributed by atoms with van der Waals surface area (Å²) >= 11 is 0. The standard InChI is InChI=1S/C16H25N3O2/c1-5-19-10-16(9-18-19)20-11-14-6-15(21-13(14)4)8-17-7-12(2)3/h6,9-10,12,17H,5,7-8,11H2,1-4H3. The minimum absolute atomic E-state index is 0.509. The number of ether oxygens (including phenoxy) is 1. The third-order valence-electron chi connectivity index (χ3n) is 3.25. The molecule has 0 atom stereocenters. The first-order valence-electron chi connectivity index (χ1n) is 7.52. The minimum atomic E-state index is 0.509. The minimum Gasteiger partial charge on any atom is -0.485 e. The normalized spacial score (nSPS) is 11.3. The Bertz CT molecular complexity index is 558. The van der Waals surface area contributed by atoms with Gasteiger partial charge in [0.1, 0.15) is 18.1 Å². The van der Waals surface area contributed by atoms with Crippen molar-refractivity contribution in [3.8, 4) is 5.75 Å². The van der Waals surface area contributed by atoms with Crippen LogP contribution in [0.3, 0.4) is 0 Å². The fraction of sp³-hybridized carbons (Fsp3) is 0.562. The fourth-order valence-electron chi connectivity index (χ4n) is 2.06. The van der Waals surface area contributed by atoms with Crippen molar-refractivity contribution in [3.05, 3.63) is 35.5 Å². The van der Waals surface area contributed by atoms with Gasteiger partial charge < -0.3 is 14.5 Å². The van der Waals surface area contributed by atoms with Gasteiger partial charge in [0.05, 0.1) is 18.9 Å². The monoisotopic (exact) mass is 291 g/mol. The second kappa shape index (κ2) is 7.31. The quantitative estimate of drug-likeness (QED) is 0.812. The van der Waals surface area contributed by atoms with Crippen LogP contribution in [0.4, 0.5) is 0 Å². The molecule has 0 saturated carbocycles. The van der Waals surface area contributed by atoms with Crippen LogP contribution in [0.15, 0.2) is 22.9 Å². The van der Waals surface area contributed by atoms with Gasteiger partial charge >= 0.3 is 0 Å². The van der Waals surface area contributed by atoms with E-state index in [1.165, 1.54) is 0 Å². The number of furan rings is 1. The van der Waals surface area contributed by atoms with E-state index >= 15 is 0 Å². The highest BCUT2D eigenvalue weighted by Gasteiger charge is 2.09. The number of hydrogen-bond donors (Lipinski definition) is 1. The third kappa shape index (κ3) is 4.63. The zero-order valence-corrected chi connectivity index (χ0v) is 13.3. The number of aryl methyl sites for hydroxylation is 2. The largest absolute Gasteiger partial charge is 0.485 e. The molecule has 0 amide bonds. The molecule has 0 aliphatic heterocycles. The summed E-state index contributed by atoms with van der Waals surface area (Å²) in [5, 5.41) is 7.57. The molecule has 2 aromatic heterocycles. The molecule has 116 valence electrons. The summed E-state index contributed by atoms with van der Waals surface area (Å²) < 4.78 is 13.3. The van der Waals surface area contributed by atoms with Gasteiger partial charge in [0, 0.05) is 12.1 Å². The molecule has 2 aromatic rings. The van der Waals surface area contributed by atoms with E-state index in [0.717, 1.165) is 42.5 Å². The lowest BCUT2D eigenvalue weighted by Gasteiger charge is -2.04. The lowest BCUT2D eigenvalue weighted by molar-refractivity contribution is 0.302. The first-order valence-corrected chi connectivity index (χ1v) is 7.52. The van der Waals surface area contributed by atoms with Crippen molar-refractivity contribution >= 4 is 0 Å². The van der Waals surface area contributed by atoms with Gasteiger partial charge in [-0.3, -0.25) is 4.68 Å². The molecule has 0 radical (unpaired) electrons. The van der Waals surface area contributed by atoms with Gasteiger partial charge in [-0.25, -0.2) is 0 Å². The molecule has 0 aliphatic carbocycles. The van der Waals surface area contributed by atoms with E-state index in [9.17, 15) is 0 Å². The van der Waals surface area contributed by atoms with E-state index in [0.29, 0.717) is 12.5 Å². The summed E-state index contributed by atoms with van der Waals surface area (Å²) in [6.07, 6.45) is 3.64. The Morgan fingerprint density at radius 1 is 1.43 bits per heavy atom. The molecule has 0 saturated heterocycles. The number of hydrogen-bond acceptors (Lipinski definition) is 4. The third-order valence-corrected chi connectivity index (χ3v) is 3.25. The van der Waals surface area contributed by atoms with Gasteiger partial charge in [0.2, 0.25) is 0 Å². The number of nitrogens with zero attached hydrogens (tertiary/aromatic N) is 2. The van der Waals surface area contributed by atoms with Gasteiger partial charge in [-0.05, 0) is 32.4 Å². The van der Waals surface area contributed by atoms with E-state index < -0.39 is 0 Å². The van der Waals surface area contributed by atoms with Crippen molar-refractivity contribution in [1.29, 1.82) is 0 Å². The second-order valence-electron chi connectivity index (χ2n) is 5.64. The van der Waals surface area contributed by atoms with Crippen LogP contribution in [-0.2, 0) is 19.7 Å². The molecule has 0 unspecified atom stereocenters. The molecule has 0 bridgehead atoms. The molecular weight excluding hydrogens is 266 g/mol. The Balaban J connectivity index is 1.86. The highest BCUT2D eigenvalue weighted by Crippen LogP contribution is 2.18. The van der Waals surface area contributed by atoms with E-state index in [4.69, 9.17) is 9.15 Å². The summed E-state index contributed by atoms with van der Waals surface area (Å²) in [5.41, 5.74) is 1.08. The van der Waals surface area contributed by atoms with Crippen molar-refractivity contribution < 1.29 is 9.15 Å². The SMILES string of the molecule is CCn1cc(OCc2cc(CNCC(C)C)oc2C)cn1. The van der Waals surface area contributed by atoms with Gasteiger partial charge in [-0.2, -0.15) is 5.10 Å². The summed E-state index contributed by atoms with van der Waals surface area (Å²) in [4.78, 5) is 0. The van der Waals surface area contributed by atoms with Crippen LogP contribution < -0.4 is 10.1 Å². The van der Waals surface area contributed by atoms with Crippen molar-refractivity contribution in [1.82, 2.24) is 15.1 Å². The van der Waals surface area contributed by atoms with Crippen LogP contribution in [-0.4, -0.2) is 16.3 Å². The maximum atomic E-state index is 5.75. The molecular formula is C16H25N3O2.